The zero-order valence-electron chi connectivity index (χ0n) is 8.13. The van der Waals surface area contributed by atoms with Crippen molar-refractivity contribution in [2.75, 3.05) is 26.4 Å². The molecular formula is C8H14F2N2O3. The van der Waals surface area contributed by atoms with Crippen molar-refractivity contribution < 1.29 is 23.4 Å². The summed E-state index contributed by atoms with van der Waals surface area (Å²) in [6.45, 7) is -1.84. The Hall–Kier alpha value is -0.790. The number of carbonyl (C=O) groups is 1. The molecule has 1 aliphatic rings. The van der Waals surface area contributed by atoms with Crippen LogP contribution < -0.4 is 11.1 Å². The summed E-state index contributed by atoms with van der Waals surface area (Å²) in [6, 6.07) is 0. The number of nitrogens with one attached hydrogen (secondary N) is 1. The van der Waals surface area contributed by atoms with Gasteiger partial charge in [0.2, 0.25) is 5.91 Å². The molecule has 7 heteroatoms. The average molecular weight is 224 g/mol. The number of rotatable bonds is 4. The second kappa shape index (κ2) is 4.38. The highest BCUT2D eigenvalue weighted by Crippen LogP contribution is 2.16. The van der Waals surface area contributed by atoms with Crippen LogP contribution in [0.25, 0.3) is 0 Å². The van der Waals surface area contributed by atoms with Gasteiger partial charge in [-0.1, -0.05) is 0 Å². The highest BCUT2D eigenvalue weighted by atomic mass is 19.3. The number of aliphatic hydroxyl groups excluding tert-OH is 1. The minimum absolute atomic E-state index is 0.0313. The molecule has 1 rings (SSSR count). The minimum Gasteiger partial charge on any atom is -0.390 e. The Kier molecular flexibility index (Phi) is 3.58. The Balaban J connectivity index is 2.42. The molecule has 1 aliphatic heterocycles. The summed E-state index contributed by atoms with van der Waals surface area (Å²) >= 11 is 0. The molecule has 0 aliphatic carbocycles. The Morgan fingerprint density at radius 2 is 2.33 bits per heavy atom. The first-order valence-corrected chi connectivity index (χ1v) is 4.53. The van der Waals surface area contributed by atoms with Crippen molar-refractivity contribution in [3.05, 3.63) is 0 Å². The number of hydrogen-bond donors (Lipinski definition) is 3. The first kappa shape index (κ1) is 12.3. The van der Waals surface area contributed by atoms with Crippen molar-refractivity contribution in [3.63, 3.8) is 0 Å². The van der Waals surface area contributed by atoms with Crippen LogP contribution >= 0.6 is 0 Å². The summed E-state index contributed by atoms with van der Waals surface area (Å²) < 4.78 is 30.1. The molecule has 1 amide bonds. The number of halogens is 2. The summed E-state index contributed by atoms with van der Waals surface area (Å²) in [4.78, 5) is 11.4. The molecule has 1 heterocycles. The molecule has 1 atom stereocenters. The van der Waals surface area contributed by atoms with Gasteiger partial charge in [-0.05, 0) is 6.42 Å². The number of amides is 1. The van der Waals surface area contributed by atoms with Gasteiger partial charge in [-0.15, -0.1) is 0 Å². The van der Waals surface area contributed by atoms with Gasteiger partial charge < -0.3 is 20.9 Å². The van der Waals surface area contributed by atoms with Gasteiger partial charge >= 0.3 is 0 Å². The van der Waals surface area contributed by atoms with E-state index in [9.17, 15) is 13.6 Å². The summed E-state index contributed by atoms with van der Waals surface area (Å²) in [5, 5.41) is 10.3. The number of ether oxygens (including phenoxy) is 1. The standard InChI is InChI=1S/C8H14F2N2O3/c9-8(10,4-13)3-12-6(14)7(11)1-2-15-5-7/h13H,1-5,11H2,(H,12,14). The van der Waals surface area contributed by atoms with Crippen LogP contribution in [0, 0.1) is 0 Å². The predicted octanol–water partition coefficient (Wildman–Crippen LogP) is -1.15. The molecule has 0 radical (unpaired) electrons. The molecule has 1 saturated heterocycles. The van der Waals surface area contributed by atoms with E-state index in [1.165, 1.54) is 0 Å². The van der Waals surface area contributed by atoms with Gasteiger partial charge in [0, 0.05) is 6.61 Å². The fraction of sp³-hybridized carbons (Fsp3) is 0.875. The summed E-state index contributed by atoms with van der Waals surface area (Å²) in [7, 11) is 0. The lowest BCUT2D eigenvalue weighted by molar-refractivity contribution is -0.129. The van der Waals surface area contributed by atoms with Crippen molar-refractivity contribution in [1.82, 2.24) is 5.32 Å². The number of carbonyl (C=O) groups excluding carboxylic acids is 1. The molecule has 15 heavy (non-hydrogen) atoms. The highest BCUT2D eigenvalue weighted by Gasteiger charge is 2.39. The molecule has 0 bridgehead atoms. The molecular weight excluding hydrogens is 210 g/mol. The van der Waals surface area contributed by atoms with Crippen LogP contribution in [0.3, 0.4) is 0 Å². The Bertz CT molecular complexity index is 242. The third kappa shape index (κ3) is 3.08. The fourth-order valence-electron chi connectivity index (χ4n) is 1.20. The molecule has 0 saturated carbocycles. The average Bonchev–Trinajstić information content (AvgIpc) is 2.63. The lowest BCUT2D eigenvalue weighted by Crippen LogP contribution is -2.56. The SMILES string of the molecule is NC1(C(=O)NCC(F)(F)CO)CCOC1. The molecule has 0 aromatic carbocycles. The molecule has 0 aromatic rings. The van der Waals surface area contributed by atoms with E-state index in [-0.39, 0.29) is 6.61 Å². The second-order valence-corrected chi connectivity index (χ2v) is 3.66. The van der Waals surface area contributed by atoms with E-state index in [1.54, 1.807) is 0 Å². The van der Waals surface area contributed by atoms with Gasteiger partial charge in [0.1, 0.15) is 12.1 Å². The van der Waals surface area contributed by atoms with Crippen LogP contribution in [-0.2, 0) is 9.53 Å². The Morgan fingerprint density at radius 3 is 2.80 bits per heavy atom. The van der Waals surface area contributed by atoms with Crippen molar-refractivity contribution in [3.8, 4) is 0 Å². The number of aliphatic hydroxyl groups is 1. The second-order valence-electron chi connectivity index (χ2n) is 3.66. The van der Waals surface area contributed by atoms with Gasteiger partial charge in [-0.2, -0.15) is 0 Å². The largest absolute Gasteiger partial charge is 0.390 e. The predicted molar refractivity (Wildman–Crippen MR) is 47.4 cm³/mol. The van der Waals surface area contributed by atoms with Crippen LogP contribution in [-0.4, -0.2) is 48.8 Å². The monoisotopic (exact) mass is 224 g/mol. The zero-order valence-corrected chi connectivity index (χ0v) is 8.13. The van der Waals surface area contributed by atoms with E-state index < -0.39 is 30.5 Å². The molecule has 0 spiro atoms. The maximum atomic E-state index is 12.6. The normalized spacial score (nSPS) is 26.7. The first-order chi connectivity index (χ1) is 6.90. The van der Waals surface area contributed by atoms with Crippen LogP contribution in [0.5, 0.6) is 0 Å². The van der Waals surface area contributed by atoms with Crippen LogP contribution in [0.15, 0.2) is 0 Å². The van der Waals surface area contributed by atoms with Crippen molar-refractivity contribution >= 4 is 5.91 Å². The Labute approximate surface area is 85.6 Å². The van der Waals surface area contributed by atoms with E-state index in [1.807, 2.05) is 5.32 Å². The van der Waals surface area contributed by atoms with E-state index >= 15 is 0 Å². The van der Waals surface area contributed by atoms with Gasteiger partial charge in [0.05, 0.1) is 13.2 Å². The fourth-order valence-corrected chi connectivity index (χ4v) is 1.20. The summed E-state index contributed by atoms with van der Waals surface area (Å²) in [5.74, 6) is -3.99. The van der Waals surface area contributed by atoms with Crippen molar-refractivity contribution in [1.29, 1.82) is 0 Å². The quantitative estimate of drug-likeness (QED) is 0.563. The molecule has 1 fully saturated rings. The molecule has 4 N–H and O–H groups in total. The van der Waals surface area contributed by atoms with Gasteiger partial charge in [0.25, 0.3) is 5.92 Å². The first-order valence-electron chi connectivity index (χ1n) is 4.53. The van der Waals surface area contributed by atoms with E-state index in [4.69, 9.17) is 15.6 Å². The molecule has 0 aromatic heterocycles. The van der Waals surface area contributed by atoms with Gasteiger partial charge in [-0.25, -0.2) is 8.78 Å². The van der Waals surface area contributed by atoms with Crippen LogP contribution in [0.1, 0.15) is 6.42 Å². The van der Waals surface area contributed by atoms with Crippen molar-refractivity contribution in [2.24, 2.45) is 5.73 Å². The third-order valence-electron chi connectivity index (χ3n) is 2.24. The lowest BCUT2D eigenvalue weighted by atomic mass is 9.99. The molecule has 88 valence electrons. The minimum atomic E-state index is -3.31. The van der Waals surface area contributed by atoms with E-state index in [0.717, 1.165) is 0 Å². The summed E-state index contributed by atoms with van der Waals surface area (Å²) in [6.07, 6.45) is 0.309. The van der Waals surface area contributed by atoms with Crippen LogP contribution in [0.2, 0.25) is 0 Å². The maximum absolute atomic E-state index is 12.6. The molecule has 5 nitrogen and oxygen atoms in total. The smallest absolute Gasteiger partial charge is 0.287 e. The zero-order chi connectivity index (χ0) is 11.5. The summed E-state index contributed by atoms with van der Waals surface area (Å²) in [5.41, 5.74) is 4.41. The van der Waals surface area contributed by atoms with Gasteiger partial charge in [0.15, 0.2) is 0 Å². The highest BCUT2D eigenvalue weighted by molar-refractivity contribution is 5.86. The lowest BCUT2D eigenvalue weighted by Gasteiger charge is -2.22. The number of alkyl halides is 2. The third-order valence-corrected chi connectivity index (χ3v) is 2.24. The van der Waals surface area contributed by atoms with Gasteiger partial charge in [-0.3, -0.25) is 4.79 Å². The van der Waals surface area contributed by atoms with Crippen molar-refractivity contribution in [2.45, 2.75) is 17.9 Å². The van der Waals surface area contributed by atoms with E-state index in [0.29, 0.717) is 13.0 Å². The molecule has 1 unspecified atom stereocenters. The number of nitrogens with two attached hydrogens (primary N) is 1. The van der Waals surface area contributed by atoms with E-state index in [2.05, 4.69) is 0 Å². The maximum Gasteiger partial charge on any atom is 0.287 e. The Morgan fingerprint density at radius 1 is 1.67 bits per heavy atom. The van der Waals surface area contributed by atoms with Crippen LogP contribution in [0.4, 0.5) is 8.78 Å². The topological polar surface area (TPSA) is 84.6 Å². The number of hydrogen-bond acceptors (Lipinski definition) is 4.